The molecule has 5 heteroatoms. The quantitative estimate of drug-likeness (QED) is 0.453. The molecule has 0 aliphatic carbocycles. The van der Waals surface area contributed by atoms with Gasteiger partial charge in [-0.2, -0.15) is 0 Å². The maximum atomic E-state index is 13.2. The predicted molar refractivity (Wildman–Crippen MR) is 127 cm³/mol. The van der Waals surface area contributed by atoms with Gasteiger partial charge >= 0.3 is 0 Å². The molecule has 31 heavy (non-hydrogen) atoms. The zero-order chi connectivity index (χ0) is 22.6. The molecule has 0 atom stereocenters. The summed E-state index contributed by atoms with van der Waals surface area (Å²) >= 11 is 0. The highest BCUT2D eigenvalue weighted by molar-refractivity contribution is 5.84. The first-order chi connectivity index (χ1) is 15.0. The SMILES string of the molecule is CCCCN(Cc1cccn1Cc1cccc(C)c1)C(=O)CN(CCC)C(=O)CCC. The van der Waals surface area contributed by atoms with Crippen molar-refractivity contribution < 1.29 is 9.59 Å². The minimum Gasteiger partial charge on any atom is -0.345 e. The minimum absolute atomic E-state index is 0.0367. The van der Waals surface area contributed by atoms with Gasteiger partial charge in [0.25, 0.3) is 0 Å². The molecular weight excluding hydrogens is 386 g/mol. The first-order valence-corrected chi connectivity index (χ1v) is 11.7. The van der Waals surface area contributed by atoms with Crippen molar-refractivity contribution in [2.24, 2.45) is 0 Å². The first-order valence-electron chi connectivity index (χ1n) is 11.7. The lowest BCUT2D eigenvalue weighted by Gasteiger charge is -2.28. The molecule has 0 saturated carbocycles. The lowest BCUT2D eigenvalue weighted by molar-refractivity contribution is -0.141. The minimum atomic E-state index is 0.0367. The average Bonchev–Trinajstić information content (AvgIpc) is 3.17. The van der Waals surface area contributed by atoms with Gasteiger partial charge in [0, 0.05) is 37.9 Å². The van der Waals surface area contributed by atoms with Gasteiger partial charge < -0.3 is 14.4 Å². The van der Waals surface area contributed by atoms with E-state index >= 15 is 0 Å². The van der Waals surface area contributed by atoms with Gasteiger partial charge in [0.2, 0.25) is 11.8 Å². The van der Waals surface area contributed by atoms with E-state index in [-0.39, 0.29) is 18.4 Å². The number of hydrogen-bond acceptors (Lipinski definition) is 2. The largest absolute Gasteiger partial charge is 0.345 e. The molecule has 1 heterocycles. The Bertz CT molecular complexity index is 828. The molecule has 0 fully saturated rings. The van der Waals surface area contributed by atoms with E-state index in [1.54, 1.807) is 4.90 Å². The van der Waals surface area contributed by atoms with Gasteiger partial charge in [-0.3, -0.25) is 9.59 Å². The predicted octanol–water partition coefficient (Wildman–Crippen LogP) is 5.01. The third-order valence-corrected chi connectivity index (χ3v) is 5.48. The Labute approximate surface area is 188 Å². The van der Waals surface area contributed by atoms with Gasteiger partial charge in [-0.15, -0.1) is 0 Å². The molecule has 1 aromatic carbocycles. The standard InChI is InChI=1S/C26H39N3O2/c1-5-8-16-29(26(31)21-28(15-7-3)25(30)11-6-2)20-24-14-10-17-27(24)19-23-13-9-12-22(4)18-23/h9-10,12-14,17-18H,5-8,11,15-16,19-21H2,1-4H3. The molecule has 2 rings (SSSR count). The Kier molecular flexibility index (Phi) is 10.3. The van der Waals surface area contributed by atoms with Crippen LogP contribution in [0.15, 0.2) is 42.6 Å². The summed E-state index contributed by atoms with van der Waals surface area (Å²) in [4.78, 5) is 29.3. The zero-order valence-electron chi connectivity index (χ0n) is 19.8. The van der Waals surface area contributed by atoms with Crippen LogP contribution in [0.4, 0.5) is 0 Å². The number of nitrogens with zero attached hydrogens (tertiary/aromatic N) is 3. The van der Waals surface area contributed by atoms with E-state index in [0.29, 0.717) is 26.1 Å². The van der Waals surface area contributed by atoms with Crippen molar-refractivity contribution in [3.05, 3.63) is 59.4 Å². The van der Waals surface area contributed by atoms with Gasteiger partial charge in [0.15, 0.2) is 0 Å². The maximum Gasteiger partial charge on any atom is 0.242 e. The van der Waals surface area contributed by atoms with Gasteiger partial charge in [0.1, 0.15) is 0 Å². The summed E-state index contributed by atoms with van der Waals surface area (Å²) in [5.74, 6) is 0.116. The molecule has 0 radical (unpaired) electrons. The molecule has 1 aromatic heterocycles. The van der Waals surface area contributed by atoms with Crippen molar-refractivity contribution in [1.82, 2.24) is 14.4 Å². The number of carbonyl (C=O) groups excluding carboxylic acids is 2. The van der Waals surface area contributed by atoms with E-state index in [0.717, 1.165) is 37.9 Å². The number of rotatable bonds is 13. The van der Waals surface area contributed by atoms with Crippen LogP contribution in [0.5, 0.6) is 0 Å². The molecule has 0 spiro atoms. The summed E-state index contributed by atoms with van der Waals surface area (Å²) in [5, 5.41) is 0. The molecule has 0 aliphatic heterocycles. The van der Waals surface area contributed by atoms with E-state index < -0.39 is 0 Å². The summed E-state index contributed by atoms with van der Waals surface area (Å²) < 4.78 is 2.22. The lowest BCUT2D eigenvalue weighted by Crippen LogP contribution is -2.43. The molecule has 0 aliphatic rings. The number of benzene rings is 1. The molecule has 0 bridgehead atoms. The maximum absolute atomic E-state index is 13.2. The highest BCUT2D eigenvalue weighted by Crippen LogP contribution is 2.13. The van der Waals surface area contributed by atoms with Crippen molar-refractivity contribution in [3.63, 3.8) is 0 Å². The van der Waals surface area contributed by atoms with Crippen LogP contribution in [0.2, 0.25) is 0 Å². The van der Waals surface area contributed by atoms with Crippen LogP contribution in [0.3, 0.4) is 0 Å². The average molecular weight is 426 g/mol. The van der Waals surface area contributed by atoms with E-state index in [4.69, 9.17) is 0 Å². The van der Waals surface area contributed by atoms with Crippen LogP contribution in [-0.2, 0) is 22.7 Å². The van der Waals surface area contributed by atoms with Crippen molar-refractivity contribution in [2.75, 3.05) is 19.6 Å². The van der Waals surface area contributed by atoms with E-state index in [1.165, 1.54) is 11.1 Å². The van der Waals surface area contributed by atoms with E-state index in [1.807, 2.05) is 24.8 Å². The van der Waals surface area contributed by atoms with Crippen molar-refractivity contribution in [3.8, 4) is 0 Å². The molecule has 0 unspecified atom stereocenters. The summed E-state index contributed by atoms with van der Waals surface area (Å²) in [7, 11) is 0. The number of unbranched alkanes of at least 4 members (excludes halogenated alkanes) is 1. The smallest absolute Gasteiger partial charge is 0.242 e. The Morgan fingerprint density at radius 3 is 2.39 bits per heavy atom. The second kappa shape index (κ2) is 13.0. The molecule has 0 N–H and O–H groups in total. The fraction of sp³-hybridized carbons (Fsp3) is 0.538. The monoisotopic (exact) mass is 425 g/mol. The summed E-state index contributed by atoms with van der Waals surface area (Å²) in [6, 6.07) is 12.7. The summed E-state index contributed by atoms with van der Waals surface area (Å²) in [6.07, 6.45) is 6.23. The van der Waals surface area contributed by atoms with Crippen LogP contribution in [0.25, 0.3) is 0 Å². The normalized spacial score (nSPS) is 10.8. The van der Waals surface area contributed by atoms with Crippen LogP contribution in [0.1, 0.15) is 69.7 Å². The second-order valence-corrected chi connectivity index (χ2v) is 8.35. The van der Waals surface area contributed by atoms with Gasteiger partial charge in [-0.05, 0) is 43.9 Å². The first kappa shape index (κ1) is 24.7. The van der Waals surface area contributed by atoms with Crippen LogP contribution in [0, 0.1) is 6.92 Å². The fourth-order valence-electron chi connectivity index (χ4n) is 3.79. The summed E-state index contributed by atoms with van der Waals surface area (Å²) in [5.41, 5.74) is 3.62. The van der Waals surface area contributed by atoms with E-state index in [9.17, 15) is 9.59 Å². The van der Waals surface area contributed by atoms with Crippen molar-refractivity contribution in [2.45, 2.75) is 72.9 Å². The Balaban J connectivity index is 2.13. The van der Waals surface area contributed by atoms with E-state index in [2.05, 4.69) is 54.9 Å². The molecule has 5 nitrogen and oxygen atoms in total. The number of hydrogen-bond donors (Lipinski definition) is 0. The van der Waals surface area contributed by atoms with Gasteiger partial charge in [-0.25, -0.2) is 0 Å². The highest BCUT2D eigenvalue weighted by Gasteiger charge is 2.21. The Morgan fingerprint density at radius 1 is 0.903 bits per heavy atom. The topological polar surface area (TPSA) is 45.6 Å². The van der Waals surface area contributed by atoms with Crippen LogP contribution in [-0.4, -0.2) is 45.8 Å². The van der Waals surface area contributed by atoms with Crippen molar-refractivity contribution >= 4 is 11.8 Å². The van der Waals surface area contributed by atoms with Gasteiger partial charge in [0.05, 0.1) is 13.1 Å². The van der Waals surface area contributed by atoms with Gasteiger partial charge in [-0.1, -0.05) is 57.0 Å². The fourth-order valence-corrected chi connectivity index (χ4v) is 3.79. The molecular formula is C26H39N3O2. The lowest BCUT2D eigenvalue weighted by atomic mass is 10.1. The third kappa shape index (κ3) is 7.89. The molecule has 2 amide bonds. The second-order valence-electron chi connectivity index (χ2n) is 8.35. The number of aromatic nitrogens is 1. The van der Waals surface area contributed by atoms with Crippen LogP contribution >= 0.6 is 0 Å². The zero-order valence-corrected chi connectivity index (χ0v) is 19.8. The van der Waals surface area contributed by atoms with Crippen LogP contribution < -0.4 is 0 Å². The Morgan fingerprint density at radius 2 is 1.71 bits per heavy atom. The Hall–Kier alpha value is -2.56. The molecule has 2 aromatic rings. The number of carbonyl (C=O) groups is 2. The third-order valence-electron chi connectivity index (χ3n) is 5.48. The highest BCUT2D eigenvalue weighted by atomic mass is 16.2. The molecule has 0 saturated heterocycles. The van der Waals surface area contributed by atoms with Crippen molar-refractivity contribution in [1.29, 1.82) is 0 Å². The molecule has 170 valence electrons. The number of aryl methyl sites for hydroxylation is 1. The summed E-state index contributed by atoms with van der Waals surface area (Å²) in [6.45, 7) is 11.2. The number of amides is 2.